The van der Waals surface area contributed by atoms with Gasteiger partial charge in [-0.3, -0.25) is 9.59 Å². The summed E-state index contributed by atoms with van der Waals surface area (Å²) < 4.78 is 54.7. The molecule has 11 heteroatoms. The van der Waals surface area contributed by atoms with Gasteiger partial charge in [-0.1, -0.05) is 12.1 Å². The molecule has 0 saturated heterocycles. The van der Waals surface area contributed by atoms with Crippen molar-refractivity contribution >= 4 is 23.2 Å². The minimum Gasteiger partial charge on any atom is -0.454 e. The number of rotatable bonds is 10. The second kappa shape index (κ2) is 11.7. The molecule has 0 saturated carbocycles. The number of hydrogen-bond donors (Lipinski definition) is 0. The van der Waals surface area contributed by atoms with Crippen LogP contribution in [0, 0.1) is 0 Å². The van der Waals surface area contributed by atoms with Crippen LogP contribution >= 0.6 is 11.3 Å². The highest BCUT2D eigenvalue weighted by atomic mass is 32.1. The molecule has 0 N–H and O–H groups in total. The van der Waals surface area contributed by atoms with Gasteiger partial charge in [-0.25, -0.2) is 0 Å². The van der Waals surface area contributed by atoms with E-state index in [-0.39, 0.29) is 44.5 Å². The average molecular weight is 535 g/mol. The Hall–Kier alpha value is -3.57. The summed E-state index contributed by atoms with van der Waals surface area (Å²) in [5.41, 5.74) is 0.0264. The van der Waals surface area contributed by atoms with E-state index < -0.39 is 17.6 Å². The Morgan fingerprint density at radius 1 is 1.00 bits per heavy atom. The van der Waals surface area contributed by atoms with Gasteiger partial charge in [-0.2, -0.15) is 13.2 Å². The van der Waals surface area contributed by atoms with Crippen molar-refractivity contribution in [1.29, 1.82) is 0 Å². The van der Waals surface area contributed by atoms with Crippen molar-refractivity contribution in [2.24, 2.45) is 0 Å². The predicted octanol–water partition coefficient (Wildman–Crippen LogP) is 4.81. The topological polar surface area (TPSA) is 68.3 Å². The molecule has 37 heavy (non-hydrogen) atoms. The molecule has 1 aliphatic rings. The number of fused-ring (bicyclic) bond motifs is 1. The quantitative estimate of drug-likeness (QED) is 0.373. The summed E-state index contributed by atoms with van der Waals surface area (Å²) in [5, 5.41) is 1.91. The zero-order valence-electron chi connectivity index (χ0n) is 20.0. The molecule has 2 heterocycles. The average Bonchev–Trinajstić information content (AvgIpc) is 3.57. The van der Waals surface area contributed by atoms with E-state index in [1.54, 1.807) is 11.0 Å². The van der Waals surface area contributed by atoms with Crippen LogP contribution in [-0.2, 0) is 28.8 Å². The normalized spacial score (nSPS) is 12.4. The number of benzene rings is 2. The largest absolute Gasteiger partial charge is 0.454 e. The highest BCUT2D eigenvalue weighted by Gasteiger charge is 2.31. The van der Waals surface area contributed by atoms with Crippen molar-refractivity contribution < 1.29 is 37.0 Å². The van der Waals surface area contributed by atoms with Crippen molar-refractivity contribution in [1.82, 2.24) is 9.80 Å². The maximum absolute atomic E-state index is 13.5. The Balaban J connectivity index is 1.53. The van der Waals surface area contributed by atoms with Crippen molar-refractivity contribution in [3.05, 3.63) is 81.5 Å². The molecule has 7 nitrogen and oxygen atoms in total. The van der Waals surface area contributed by atoms with Gasteiger partial charge in [-0.15, -0.1) is 11.3 Å². The number of alkyl halides is 3. The van der Waals surface area contributed by atoms with Gasteiger partial charge in [0.25, 0.3) is 5.91 Å². The molecule has 1 aliphatic heterocycles. The summed E-state index contributed by atoms with van der Waals surface area (Å²) in [6.07, 6.45) is -4.51. The van der Waals surface area contributed by atoms with E-state index in [1.165, 1.54) is 23.3 Å². The summed E-state index contributed by atoms with van der Waals surface area (Å²) in [7, 11) is 1.46. The van der Waals surface area contributed by atoms with Crippen LogP contribution in [0.15, 0.2) is 60.0 Å². The van der Waals surface area contributed by atoms with E-state index in [0.717, 1.165) is 34.7 Å². The van der Waals surface area contributed by atoms with Crippen LogP contribution in [0.4, 0.5) is 13.2 Å². The number of carbonyl (C=O) groups excluding carboxylic acids is 2. The van der Waals surface area contributed by atoms with E-state index in [4.69, 9.17) is 14.2 Å². The van der Waals surface area contributed by atoms with Gasteiger partial charge in [0, 0.05) is 30.6 Å². The smallest absolute Gasteiger partial charge is 0.416 e. The lowest BCUT2D eigenvalue weighted by Crippen LogP contribution is -2.43. The fourth-order valence-electron chi connectivity index (χ4n) is 3.78. The van der Waals surface area contributed by atoms with Crippen molar-refractivity contribution in [2.45, 2.75) is 19.3 Å². The molecule has 196 valence electrons. The van der Waals surface area contributed by atoms with Crippen LogP contribution in [-0.4, -0.2) is 55.2 Å². The summed E-state index contributed by atoms with van der Waals surface area (Å²) in [4.78, 5) is 30.5. The highest BCUT2D eigenvalue weighted by molar-refractivity contribution is 7.09. The molecule has 2 amide bonds. The predicted molar refractivity (Wildman–Crippen MR) is 130 cm³/mol. The first-order valence-electron chi connectivity index (χ1n) is 11.4. The number of ether oxygens (including phenoxy) is 3. The van der Waals surface area contributed by atoms with Crippen LogP contribution in [0.2, 0.25) is 0 Å². The highest BCUT2D eigenvalue weighted by Crippen LogP contribution is 2.33. The molecular formula is C26H25F3N2O5S. The molecule has 0 aliphatic carbocycles. The SMILES string of the molecule is COCCN(CC(=O)N(Cc1ccc2c(c1)OCO2)Cc1cccs1)C(=O)c1ccc(C(F)(F)F)cc1. The molecule has 0 radical (unpaired) electrons. The van der Waals surface area contributed by atoms with E-state index in [2.05, 4.69) is 0 Å². The number of methoxy groups -OCH3 is 1. The molecule has 0 spiro atoms. The lowest BCUT2D eigenvalue weighted by molar-refractivity contribution is -0.137. The van der Waals surface area contributed by atoms with Gasteiger partial charge in [-0.05, 0) is 53.4 Å². The van der Waals surface area contributed by atoms with Gasteiger partial charge in [0.2, 0.25) is 12.7 Å². The molecule has 0 atom stereocenters. The monoisotopic (exact) mass is 534 g/mol. The first kappa shape index (κ1) is 26.5. The van der Waals surface area contributed by atoms with Crippen LogP contribution in [0.3, 0.4) is 0 Å². The second-order valence-corrected chi connectivity index (χ2v) is 9.34. The Morgan fingerprint density at radius 2 is 1.76 bits per heavy atom. The Bertz CT molecular complexity index is 1220. The molecule has 0 fully saturated rings. The van der Waals surface area contributed by atoms with E-state index >= 15 is 0 Å². The fraction of sp³-hybridized carbons (Fsp3) is 0.308. The van der Waals surface area contributed by atoms with E-state index in [1.807, 2.05) is 29.6 Å². The summed E-state index contributed by atoms with van der Waals surface area (Å²) in [6.45, 7) is 0.722. The zero-order valence-corrected chi connectivity index (χ0v) is 20.8. The van der Waals surface area contributed by atoms with Crippen molar-refractivity contribution in [3.8, 4) is 11.5 Å². The molecule has 1 aromatic heterocycles. The van der Waals surface area contributed by atoms with Crippen molar-refractivity contribution in [2.75, 3.05) is 33.6 Å². The number of nitrogens with zero attached hydrogens (tertiary/aromatic N) is 2. The number of carbonyl (C=O) groups is 2. The lowest BCUT2D eigenvalue weighted by atomic mass is 10.1. The minimum atomic E-state index is -4.51. The van der Waals surface area contributed by atoms with Gasteiger partial charge in [0.1, 0.15) is 6.54 Å². The zero-order chi connectivity index (χ0) is 26.4. The third-order valence-electron chi connectivity index (χ3n) is 5.73. The van der Waals surface area contributed by atoms with Crippen molar-refractivity contribution in [3.63, 3.8) is 0 Å². The Morgan fingerprint density at radius 3 is 2.43 bits per heavy atom. The Labute approximate surface area is 216 Å². The number of hydrogen-bond acceptors (Lipinski definition) is 6. The van der Waals surface area contributed by atoms with E-state index in [9.17, 15) is 22.8 Å². The molecule has 3 aromatic rings. The molecule has 4 rings (SSSR count). The lowest BCUT2D eigenvalue weighted by Gasteiger charge is -2.28. The summed E-state index contributed by atoms with van der Waals surface area (Å²) in [5.74, 6) is 0.355. The summed E-state index contributed by atoms with van der Waals surface area (Å²) in [6, 6.07) is 13.2. The van der Waals surface area contributed by atoms with Crippen LogP contribution in [0.1, 0.15) is 26.4 Å². The van der Waals surface area contributed by atoms with Crippen LogP contribution < -0.4 is 9.47 Å². The maximum Gasteiger partial charge on any atom is 0.416 e. The number of halogens is 3. The maximum atomic E-state index is 13.5. The van der Waals surface area contributed by atoms with Crippen LogP contribution in [0.5, 0.6) is 11.5 Å². The first-order valence-corrected chi connectivity index (χ1v) is 12.3. The molecule has 2 aromatic carbocycles. The van der Waals surface area contributed by atoms with Gasteiger partial charge >= 0.3 is 6.18 Å². The van der Waals surface area contributed by atoms with Gasteiger partial charge < -0.3 is 24.0 Å². The third kappa shape index (κ3) is 6.80. The van der Waals surface area contributed by atoms with Gasteiger partial charge in [0.15, 0.2) is 11.5 Å². The first-order chi connectivity index (χ1) is 17.7. The standard InChI is InChI=1S/C26H25F3N2O5S/c1-34-11-10-30(25(33)19-5-7-20(8-6-19)26(27,28)29)16-24(32)31(15-21-3-2-12-37-21)14-18-4-9-22-23(13-18)36-17-35-22/h2-9,12-13H,10-11,14-17H2,1H3. The molecule has 0 bridgehead atoms. The van der Waals surface area contributed by atoms with Gasteiger partial charge in [0.05, 0.1) is 18.7 Å². The second-order valence-electron chi connectivity index (χ2n) is 8.31. The number of thiophene rings is 1. The Kier molecular flexibility index (Phi) is 8.34. The third-order valence-corrected chi connectivity index (χ3v) is 6.59. The fourth-order valence-corrected chi connectivity index (χ4v) is 4.50. The van der Waals surface area contributed by atoms with Crippen LogP contribution in [0.25, 0.3) is 0 Å². The molecule has 0 unspecified atom stereocenters. The minimum absolute atomic E-state index is 0.0532. The molecular weight excluding hydrogens is 509 g/mol. The number of amides is 2. The van der Waals surface area contributed by atoms with E-state index in [0.29, 0.717) is 18.0 Å². The summed E-state index contributed by atoms with van der Waals surface area (Å²) >= 11 is 1.51.